The Morgan fingerprint density at radius 2 is 1.77 bits per heavy atom. The summed E-state index contributed by atoms with van der Waals surface area (Å²) in [7, 11) is 0. The van der Waals surface area contributed by atoms with E-state index >= 15 is 0 Å². The molecule has 0 aliphatic heterocycles. The van der Waals surface area contributed by atoms with Crippen molar-refractivity contribution in [2.75, 3.05) is 11.9 Å². The summed E-state index contributed by atoms with van der Waals surface area (Å²) in [6, 6.07) is 14.1. The van der Waals surface area contributed by atoms with Crippen molar-refractivity contribution < 1.29 is 19.1 Å². The van der Waals surface area contributed by atoms with E-state index in [9.17, 15) is 9.59 Å². The first-order valence-electron chi connectivity index (χ1n) is 8.51. The highest BCUT2D eigenvalue weighted by Crippen LogP contribution is 2.19. The number of benzene rings is 2. The van der Waals surface area contributed by atoms with Crippen molar-refractivity contribution in [2.24, 2.45) is 0 Å². The molecule has 0 saturated heterocycles. The molecule has 5 heteroatoms. The molecule has 0 spiro atoms. The van der Waals surface area contributed by atoms with Gasteiger partial charge in [-0.1, -0.05) is 18.2 Å². The molecule has 0 aliphatic carbocycles. The Morgan fingerprint density at radius 1 is 1.08 bits per heavy atom. The lowest BCUT2D eigenvalue weighted by molar-refractivity contribution is -0.111. The SMILES string of the molecule is CCOc1ccccc1/C=C/C(=O)Nc1ccc(C(=O)OC(C)C)cc1. The van der Waals surface area contributed by atoms with Gasteiger partial charge in [-0.15, -0.1) is 0 Å². The van der Waals surface area contributed by atoms with Gasteiger partial charge in [-0.2, -0.15) is 0 Å². The van der Waals surface area contributed by atoms with E-state index in [2.05, 4.69) is 5.32 Å². The lowest BCUT2D eigenvalue weighted by atomic mass is 10.2. The number of rotatable bonds is 7. The predicted molar refractivity (Wildman–Crippen MR) is 102 cm³/mol. The number of hydrogen-bond donors (Lipinski definition) is 1. The van der Waals surface area contributed by atoms with E-state index < -0.39 is 0 Å². The van der Waals surface area contributed by atoms with Crippen LogP contribution < -0.4 is 10.1 Å². The molecule has 5 nitrogen and oxygen atoms in total. The average molecular weight is 353 g/mol. The van der Waals surface area contributed by atoms with Crippen LogP contribution in [0, 0.1) is 0 Å². The zero-order chi connectivity index (χ0) is 18.9. The minimum Gasteiger partial charge on any atom is -0.493 e. The van der Waals surface area contributed by atoms with E-state index in [4.69, 9.17) is 9.47 Å². The van der Waals surface area contributed by atoms with Gasteiger partial charge >= 0.3 is 5.97 Å². The van der Waals surface area contributed by atoms with E-state index in [0.717, 1.165) is 11.3 Å². The van der Waals surface area contributed by atoms with Crippen LogP contribution in [0.5, 0.6) is 5.75 Å². The normalized spacial score (nSPS) is 10.8. The van der Waals surface area contributed by atoms with Gasteiger partial charge in [0.2, 0.25) is 5.91 Å². The Hall–Kier alpha value is -3.08. The Kier molecular flexibility index (Phi) is 6.97. The second-order valence-corrected chi connectivity index (χ2v) is 5.82. The smallest absolute Gasteiger partial charge is 0.338 e. The second-order valence-electron chi connectivity index (χ2n) is 5.82. The lowest BCUT2D eigenvalue weighted by Gasteiger charge is -2.08. The molecule has 136 valence electrons. The monoisotopic (exact) mass is 353 g/mol. The molecule has 0 radical (unpaired) electrons. The number of carbonyl (C=O) groups is 2. The molecule has 0 saturated carbocycles. The van der Waals surface area contributed by atoms with E-state index in [1.165, 1.54) is 6.08 Å². The summed E-state index contributed by atoms with van der Waals surface area (Å²) >= 11 is 0. The molecule has 0 heterocycles. The molecular formula is C21H23NO4. The van der Waals surface area contributed by atoms with Crippen molar-refractivity contribution in [3.8, 4) is 5.75 Å². The fourth-order valence-electron chi connectivity index (χ4n) is 2.23. The van der Waals surface area contributed by atoms with Gasteiger partial charge < -0.3 is 14.8 Å². The van der Waals surface area contributed by atoms with E-state index in [-0.39, 0.29) is 18.0 Å². The average Bonchev–Trinajstić information content (AvgIpc) is 2.61. The van der Waals surface area contributed by atoms with Gasteiger partial charge in [0.15, 0.2) is 0 Å². The predicted octanol–water partition coefficient (Wildman–Crippen LogP) is 4.30. The van der Waals surface area contributed by atoms with Crippen LogP contribution in [0.15, 0.2) is 54.6 Å². The third kappa shape index (κ3) is 5.77. The third-order valence-electron chi connectivity index (χ3n) is 3.36. The van der Waals surface area contributed by atoms with Crippen LogP contribution in [0.25, 0.3) is 6.08 Å². The Labute approximate surface area is 153 Å². The Balaban J connectivity index is 1.99. The highest BCUT2D eigenvalue weighted by molar-refractivity contribution is 6.02. The number of esters is 1. The maximum Gasteiger partial charge on any atom is 0.338 e. The summed E-state index contributed by atoms with van der Waals surface area (Å²) in [6.07, 6.45) is 2.97. The van der Waals surface area contributed by atoms with Crippen LogP contribution >= 0.6 is 0 Å². The number of anilines is 1. The highest BCUT2D eigenvalue weighted by atomic mass is 16.5. The van der Waals surface area contributed by atoms with Crippen molar-refractivity contribution in [3.05, 3.63) is 65.7 Å². The Morgan fingerprint density at radius 3 is 2.42 bits per heavy atom. The third-order valence-corrected chi connectivity index (χ3v) is 3.36. The van der Waals surface area contributed by atoms with Crippen molar-refractivity contribution in [3.63, 3.8) is 0 Å². The first-order chi connectivity index (χ1) is 12.5. The molecule has 0 aromatic heterocycles. The molecule has 0 fully saturated rings. The number of amides is 1. The van der Waals surface area contributed by atoms with Gasteiger partial charge in [-0.05, 0) is 57.2 Å². The maximum absolute atomic E-state index is 12.1. The fraction of sp³-hybridized carbons (Fsp3) is 0.238. The second kappa shape index (κ2) is 9.42. The molecule has 2 rings (SSSR count). The zero-order valence-electron chi connectivity index (χ0n) is 15.2. The maximum atomic E-state index is 12.1. The number of nitrogens with one attached hydrogen (secondary N) is 1. The molecule has 1 N–H and O–H groups in total. The first kappa shape index (κ1) is 19.2. The molecule has 0 bridgehead atoms. The summed E-state index contributed by atoms with van der Waals surface area (Å²) in [4.78, 5) is 23.9. The Bertz CT molecular complexity index is 779. The molecule has 2 aromatic rings. The molecule has 2 aromatic carbocycles. The largest absolute Gasteiger partial charge is 0.493 e. The summed E-state index contributed by atoms with van der Waals surface area (Å²) in [6.45, 7) is 6.06. The van der Waals surface area contributed by atoms with Crippen molar-refractivity contribution in [1.82, 2.24) is 0 Å². The molecule has 1 amide bonds. The minimum atomic E-state index is -0.384. The van der Waals surface area contributed by atoms with E-state index in [1.807, 2.05) is 31.2 Å². The molecule has 26 heavy (non-hydrogen) atoms. The number of carbonyl (C=O) groups excluding carboxylic acids is 2. The molecule has 0 unspecified atom stereocenters. The van der Waals surface area contributed by atoms with Gasteiger partial charge in [0.1, 0.15) is 5.75 Å². The van der Waals surface area contributed by atoms with Crippen molar-refractivity contribution in [2.45, 2.75) is 26.9 Å². The summed E-state index contributed by atoms with van der Waals surface area (Å²) in [5, 5.41) is 2.75. The number of ether oxygens (including phenoxy) is 2. The van der Waals surface area contributed by atoms with Gasteiger partial charge in [-0.3, -0.25) is 4.79 Å². The molecule has 0 atom stereocenters. The lowest BCUT2D eigenvalue weighted by Crippen LogP contribution is -2.12. The van der Waals surface area contributed by atoms with Crippen LogP contribution in [0.4, 0.5) is 5.69 Å². The van der Waals surface area contributed by atoms with Gasteiger partial charge in [-0.25, -0.2) is 4.79 Å². The number of para-hydroxylation sites is 1. The first-order valence-corrected chi connectivity index (χ1v) is 8.51. The molecular weight excluding hydrogens is 330 g/mol. The summed E-state index contributed by atoms with van der Waals surface area (Å²) < 4.78 is 10.7. The van der Waals surface area contributed by atoms with Crippen LogP contribution in [0.3, 0.4) is 0 Å². The highest BCUT2D eigenvalue weighted by Gasteiger charge is 2.09. The van der Waals surface area contributed by atoms with Crippen LogP contribution in [-0.4, -0.2) is 24.6 Å². The van der Waals surface area contributed by atoms with Gasteiger partial charge in [0.05, 0.1) is 18.3 Å². The fourth-order valence-corrected chi connectivity index (χ4v) is 2.23. The zero-order valence-corrected chi connectivity index (χ0v) is 15.2. The quantitative estimate of drug-likeness (QED) is 0.595. The molecule has 0 aliphatic rings. The van der Waals surface area contributed by atoms with Gasteiger partial charge in [0.25, 0.3) is 0 Å². The number of hydrogen-bond acceptors (Lipinski definition) is 4. The van der Waals surface area contributed by atoms with Crippen molar-refractivity contribution in [1.29, 1.82) is 0 Å². The summed E-state index contributed by atoms with van der Waals surface area (Å²) in [5.41, 5.74) is 1.87. The van der Waals surface area contributed by atoms with E-state index in [1.54, 1.807) is 44.2 Å². The standard InChI is InChI=1S/C21H23NO4/c1-4-25-19-8-6-5-7-16(19)11-14-20(23)22-18-12-9-17(10-13-18)21(24)26-15(2)3/h5-15H,4H2,1-3H3,(H,22,23)/b14-11+. The summed E-state index contributed by atoms with van der Waals surface area (Å²) in [5.74, 6) is 0.0752. The van der Waals surface area contributed by atoms with Crippen LogP contribution in [0.2, 0.25) is 0 Å². The van der Waals surface area contributed by atoms with Gasteiger partial charge in [0, 0.05) is 17.3 Å². The topological polar surface area (TPSA) is 64.6 Å². The van der Waals surface area contributed by atoms with Crippen LogP contribution in [0.1, 0.15) is 36.7 Å². The van der Waals surface area contributed by atoms with E-state index in [0.29, 0.717) is 17.9 Å². The van der Waals surface area contributed by atoms with Crippen LogP contribution in [-0.2, 0) is 9.53 Å². The minimum absolute atomic E-state index is 0.174. The van der Waals surface area contributed by atoms with Crippen molar-refractivity contribution >= 4 is 23.6 Å².